The molecule has 35 heavy (non-hydrogen) atoms. The van der Waals surface area contributed by atoms with Crippen LogP contribution in [-0.2, 0) is 4.74 Å². The second-order valence-corrected chi connectivity index (χ2v) is 9.61. The van der Waals surface area contributed by atoms with Crippen LogP contribution in [0.1, 0.15) is 36.0 Å². The van der Waals surface area contributed by atoms with Crippen molar-refractivity contribution in [2.24, 2.45) is 5.92 Å². The highest BCUT2D eigenvalue weighted by Gasteiger charge is 2.25. The predicted octanol–water partition coefficient (Wildman–Crippen LogP) is 4.95. The zero-order valence-corrected chi connectivity index (χ0v) is 20.3. The van der Waals surface area contributed by atoms with Crippen LogP contribution in [-0.4, -0.2) is 59.9 Å². The Morgan fingerprint density at radius 1 is 1.03 bits per heavy atom. The lowest BCUT2D eigenvalue weighted by molar-refractivity contribution is 0.0276. The highest BCUT2D eigenvalue weighted by atomic mass is 35.5. The van der Waals surface area contributed by atoms with E-state index in [-0.39, 0.29) is 5.91 Å². The maximum absolute atomic E-state index is 12.4. The minimum atomic E-state index is -0.196. The van der Waals surface area contributed by atoms with Crippen molar-refractivity contribution < 1.29 is 13.9 Å². The smallest absolute Gasteiger partial charge is 0.315 e. The van der Waals surface area contributed by atoms with Gasteiger partial charge in [-0.2, -0.15) is 0 Å². The third kappa shape index (κ3) is 6.20. The van der Waals surface area contributed by atoms with Crippen LogP contribution >= 0.6 is 11.6 Å². The van der Waals surface area contributed by atoms with Gasteiger partial charge in [0.25, 0.3) is 11.8 Å². The van der Waals surface area contributed by atoms with Crippen LogP contribution in [0.3, 0.4) is 0 Å². The topological polar surface area (TPSA) is 92.5 Å². The van der Waals surface area contributed by atoms with E-state index in [0.29, 0.717) is 39.8 Å². The van der Waals surface area contributed by atoms with E-state index in [1.54, 1.807) is 30.3 Å². The summed E-state index contributed by atoms with van der Waals surface area (Å²) in [4.78, 5) is 14.9. The van der Waals surface area contributed by atoms with Crippen molar-refractivity contribution in [2.45, 2.75) is 31.7 Å². The number of halogens is 1. The molecule has 2 heterocycles. The van der Waals surface area contributed by atoms with E-state index in [1.165, 1.54) is 19.4 Å². The lowest BCUT2D eigenvalue weighted by Crippen LogP contribution is -2.40. The number of hydrogen-bond donors (Lipinski definition) is 2. The fourth-order valence-electron chi connectivity index (χ4n) is 4.76. The Labute approximate surface area is 210 Å². The summed E-state index contributed by atoms with van der Waals surface area (Å²) in [6.45, 7) is 4.97. The number of morpholine rings is 1. The van der Waals surface area contributed by atoms with Gasteiger partial charge >= 0.3 is 6.01 Å². The number of nitrogens with one attached hydrogen (secondary N) is 2. The largest absolute Gasteiger partial charge is 0.403 e. The van der Waals surface area contributed by atoms with Crippen LogP contribution in [0, 0.1) is 5.92 Å². The summed E-state index contributed by atoms with van der Waals surface area (Å²) in [5.74, 6) is 0.891. The fraction of sp³-hybridized carbons (Fsp3) is 0.423. The minimum absolute atomic E-state index is 0.196. The second-order valence-electron chi connectivity index (χ2n) is 9.20. The lowest BCUT2D eigenvalue weighted by atomic mass is 9.85. The number of ether oxygens (including phenoxy) is 1. The van der Waals surface area contributed by atoms with Crippen molar-refractivity contribution in [1.29, 1.82) is 0 Å². The molecular weight excluding hydrogens is 466 g/mol. The van der Waals surface area contributed by atoms with E-state index in [1.807, 2.05) is 18.2 Å². The van der Waals surface area contributed by atoms with E-state index in [2.05, 4.69) is 25.7 Å². The Morgan fingerprint density at radius 2 is 1.80 bits per heavy atom. The molecule has 1 saturated carbocycles. The summed E-state index contributed by atoms with van der Waals surface area (Å²) in [7, 11) is 0. The number of carbonyl (C=O) groups excluding carboxylic acids is 1. The van der Waals surface area contributed by atoms with Crippen molar-refractivity contribution in [3.63, 3.8) is 0 Å². The zero-order valence-electron chi connectivity index (χ0n) is 19.6. The summed E-state index contributed by atoms with van der Waals surface area (Å²) in [5, 5.41) is 15.0. The van der Waals surface area contributed by atoms with E-state index in [4.69, 9.17) is 20.8 Å². The third-order valence-corrected chi connectivity index (χ3v) is 7.03. The van der Waals surface area contributed by atoms with Crippen molar-refractivity contribution in [3.8, 4) is 11.5 Å². The summed E-state index contributed by atoms with van der Waals surface area (Å²) >= 11 is 6.48. The number of anilines is 2. The van der Waals surface area contributed by atoms with Gasteiger partial charge in [-0.15, -0.1) is 5.10 Å². The molecule has 8 nitrogen and oxygen atoms in total. The first kappa shape index (κ1) is 23.8. The normalized spacial score (nSPS) is 20.9. The predicted molar refractivity (Wildman–Crippen MR) is 136 cm³/mol. The monoisotopic (exact) mass is 495 g/mol. The molecule has 0 bridgehead atoms. The molecule has 0 spiro atoms. The first-order valence-corrected chi connectivity index (χ1v) is 12.6. The molecule has 1 aliphatic heterocycles. The molecule has 9 heteroatoms. The van der Waals surface area contributed by atoms with Gasteiger partial charge in [0.05, 0.1) is 23.8 Å². The maximum atomic E-state index is 12.4. The summed E-state index contributed by atoms with van der Waals surface area (Å²) < 4.78 is 11.3. The van der Waals surface area contributed by atoms with E-state index in [9.17, 15) is 4.79 Å². The molecule has 0 unspecified atom stereocenters. The highest BCUT2D eigenvalue weighted by molar-refractivity contribution is 6.33. The highest BCUT2D eigenvalue weighted by Crippen LogP contribution is 2.32. The Morgan fingerprint density at radius 3 is 2.54 bits per heavy atom. The van der Waals surface area contributed by atoms with Gasteiger partial charge in [-0.25, -0.2) is 0 Å². The Bertz CT molecular complexity index is 1130. The van der Waals surface area contributed by atoms with Crippen LogP contribution < -0.4 is 10.6 Å². The number of rotatable bonds is 7. The van der Waals surface area contributed by atoms with E-state index in [0.717, 1.165) is 45.1 Å². The van der Waals surface area contributed by atoms with Gasteiger partial charge in [0, 0.05) is 36.9 Å². The average Bonchev–Trinajstić information content (AvgIpc) is 3.34. The molecule has 3 aromatic rings. The van der Waals surface area contributed by atoms with Gasteiger partial charge < -0.3 is 19.8 Å². The van der Waals surface area contributed by atoms with Gasteiger partial charge in [0.2, 0.25) is 0 Å². The fourth-order valence-corrected chi connectivity index (χ4v) is 5.02. The molecule has 0 atom stereocenters. The molecular formula is C26H30ClN5O3. The third-order valence-electron chi connectivity index (χ3n) is 6.71. The number of nitrogens with zero attached hydrogens (tertiary/aromatic N) is 3. The van der Waals surface area contributed by atoms with Gasteiger partial charge in [0.15, 0.2) is 0 Å². The molecule has 2 aromatic carbocycles. The van der Waals surface area contributed by atoms with Crippen molar-refractivity contribution in [1.82, 2.24) is 15.1 Å². The van der Waals surface area contributed by atoms with Crippen LogP contribution in [0.25, 0.3) is 11.5 Å². The number of amides is 1. The molecule has 1 amide bonds. The molecule has 1 aliphatic carbocycles. The summed E-state index contributed by atoms with van der Waals surface area (Å²) in [6, 6.07) is 15.0. The van der Waals surface area contributed by atoms with Crippen LogP contribution in [0.2, 0.25) is 5.02 Å². The van der Waals surface area contributed by atoms with Crippen LogP contribution in [0.4, 0.5) is 11.7 Å². The van der Waals surface area contributed by atoms with E-state index < -0.39 is 0 Å². The molecule has 2 fully saturated rings. The Hall–Kier alpha value is -2.94. The maximum Gasteiger partial charge on any atom is 0.315 e. The molecule has 5 rings (SSSR count). The van der Waals surface area contributed by atoms with Gasteiger partial charge in [-0.1, -0.05) is 34.9 Å². The summed E-state index contributed by atoms with van der Waals surface area (Å²) in [6.07, 6.45) is 4.56. The minimum Gasteiger partial charge on any atom is -0.403 e. The molecule has 1 aromatic heterocycles. The van der Waals surface area contributed by atoms with Gasteiger partial charge in [-0.05, 0) is 61.9 Å². The number of hydrogen-bond acceptors (Lipinski definition) is 7. The van der Waals surface area contributed by atoms with Crippen LogP contribution in [0.5, 0.6) is 0 Å². The first-order valence-electron chi connectivity index (χ1n) is 12.2. The van der Waals surface area contributed by atoms with Gasteiger partial charge in [-0.3, -0.25) is 9.69 Å². The molecule has 0 radical (unpaired) electrons. The zero-order chi connectivity index (χ0) is 24.0. The standard InChI is InChI=1S/C26H30ClN5O3/c27-23-16-21(28-24(33)19-4-2-1-3-5-19)10-11-22(23)25-30-31-26(35-25)29-20-8-6-18(7-9-20)17-32-12-14-34-15-13-32/h1-5,10-11,16,18,20H,6-9,12-15,17H2,(H,28,33)(H,29,31). The molecule has 184 valence electrons. The molecule has 1 saturated heterocycles. The van der Waals surface area contributed by atoms with Crippen LogP contribution in [0.15, 0.2) is 52.9 Å². The van der Waals surface area contributed by atoms with Crippen molar-refractivity contribution >= 4 is 29.2 Å². The second kappa shape index (κ2) is 11.2. The SMILES string of the molecule is O=C(Nc1ccc(-c2nnc(NC3CCC(CN4CCOCC4)CC3)o2)c(Cl)c1)c1ccccc1. The number of benzene rings is 2. The Kier molecular flexibility index (Phi) is 7.61. The number of aromatic nitrogens is 2. The first-order chi connectivity index (χ1) is 17.1. The average molecular weight is 496 g/mol. The lowest BCUT2D eigenvalue weighted by Gasteiger charge is -2.34. The molecule has 2 aliphatic rings. The van der Waals surface area contributed by atoms with Crippen molar-refractivity contribution in [2.75, 3.05) is 43.5 Å². The molecule has 2 N–H and O–H groups in total. The van der Waals surface area contributed by atoms with Crippen molar-refractivity contribution in [3.05, 3.63) is 59.1 Å². The van der Waals surface area contributed by atoms with E-state index >= 15 is 0 Å². The number of carbonyl (C=O) groups is 1. The van der Waals surface area contributed by atoms with Gasteiger partial charge in [0.1, 0.15) is 0 Å². The summed E-state index contributed by atoms with van der Waals surface area (Å²) in [5.41, 5.74) is 1.80. The Balaban J connectivity index is 1.14. The quantitative estimate of drug-likeness (QED) is 0.479.